The van der Waals surface area contributed by atoms with Gasteiger partial charge in [0.2, 0.25) is 11.8 Å². The zero-order valence-electron chi connectivity index (χ0n) is 21.4. The summed E-state index contributed by atoms with van der Waals surface area (Å²) in [6.45, 7) is 10.1. The molecule has 0 saturated carbocycles. The Morgan fingerprint density at radius 1 is 1.09 bits per heavy atom. The normalized spacial score (nSPS) is 26.2. The van der Waals surface area contributed by atoms with Crippen molar-refractivity contribution >= 4 is 17.9 Å². The molecule has 1 fully saturated rings. The Labute approximate surface area is 207 Å². The zero-order chi connectivity index (χ0) is 25.6. The monoisotopic (exact) mass is 489 g/mol. The second kappa shape index (κ2) is 11.7. The number of carbonyl (C=O) groups excluding carboxylic acids is 3. The van der Waals surface area contributed by atoms with Gasteiger partial charge in [-0.1, -0.05) is 26.0 Å². The maximum absolute atomic E-state index is 13.3. The zero-order valence-corrected chi connectivity index (χ0v) is 21.4. The first-order chi connectivity index (χ1) is 16.5. The van der Waals surface area contributed by atoms with Gasteiger partial charge in [-0.25, -0.2) is 4.79 Å². The minimum Gasteiger partial charge on any atom is -0.494 e. The lowest BCUT2D eigenvalue weighted by Crippen LogP contribution is -2.57. The third-order valence-electron chi connectivity index (χ3n) is 5.92. The molecule has 1 aromatic rings. The molecule has 3 aliphatic rings. The summed E-state index contributed by atoms with van der Waals surface area (Å²) in [5.74, 6) is -0.0745. The third kappa shape index (κ3) is 8.72. The standard InChI is InChI=1S/C26H39N3O6/c1-16(2)22-24(31)27-20(21-15-34-21)14-17-9-11-18(12-10-17)33-13-7-6-8-19(23(30)29-22)28-25(32)35-26(3,4)5/h9-12,16,19-22H,6-8,13-15H2,1-5H3,(H,27,31)(H,28,32)(H,29,30)/t19-,20+,21-,22+/m1/s1. The van der Waals surface area contributed by atoms with Crippen LogP contribution in [-0.2, 0) is 25.5 Å². The van der Waals surface area contributed by atoms with Crippen molar-refractivity contribution in [3.05, 3.63) is 29.8 Å². The summed E-state index contributed by atoms with van der Waals surface area (Å²) in [7, 11) is 0. The highest BCUT2D eigenvalue weighted by Crippen LogP contribution is 2.21. The molecule has 3 heterocycles. The van der Waals surface area contributed by atoms with Crippen molar-refractivity contribution in [1.29, 1.82) is 0 Å². The fourth-order valence-corrected chi connectivity index (χ4v) is 3.96. The quantitative estimate of drug-likeness (QED) is 0.562. The predicted molar refractivity (Wildman–Crippen MR) is 131 cm³/mol. The number of nitrogens with one attached hydrogen (secondary N) is 3. The van der Waals surface area contributed by atoms with Crippen LogP contribution in [0.15, 0.2) is 24.3 Å². The molecular formula is C26H39N3O6. The Hall–Kier alpha value is -2.81. The van der Waals surface area contributed by atoms with Crippen molar-refractivity contribution in [2.45, 2.75) is 90.1 Å². The van der Waals surface area contributed by atoms with Gasteiger partial charge in [-0.15, -0.1) is 0 Å². The summed E-state index contributed by atoms with van der Waals surface area (Å²) in [6.07, 6.45) is 1.62. The van der Waals surface area contributed by atoms with Crippen LogP contribution in [0.1, 0.15) is 59.4 Å². The van der Waals surface area contributed by atoms with E-state index < -0.39 is 29.7 Å². The van der Waals surface area contributed by atoms with E-state index in [2.05, 4.69) is 16.0 Å². The van der Waals surface area contributed by atoms with Gasteiger partial charge >= 0.3 is 6.09 Å². The van der Waals surface area contributed by atoms with Gasteiger partial charge < -0.3 is 30.2 Å². The molecule has 35 heavy (non-hydrogen) atoms. The van der Waals surface area contributed by atoms with Crippen LogP contribution in [-0.4, -0.2) is 61.0 Å². The fourth-order valence-electron chi connectivity index (χ4n) is 3.96. The van der Waals surface area contributed by atoms with Crippen molar-refractivity contribution < 1.29 is 28.6 Å². The van der Waals surface area contributed by atoms with Crippen LogP contribution in [0.2, 0.25) is 0 Å². The van der Waals surface area contributed by atoms with Gasteiger partial charge in [0.1, 0.15) is 29.5 Å². The van der Waals surface area contributed by atoms with Crippen molar-refractivity contribution in [1.82, 2.24) is 16.0 Å². The molecule has 2 bridgehead atoms. The van der Waals surface area contributed by atoms with E-state index in [-0.39, 0.29) is 24.0 Å². The lowest BCUT2D eigenvalue weighted by molar-refractivity contribution is -0.131. The smallest absolute Gasteiger partial charge is 0.408 e. The number of benzene rings is 1. The minimum atomic E-state index is -0.837. The number of ether oxygens (including phenoxy) is 3. The fraction of sp³-hybridized carbons (Fsp3) is 0.654. The van der Waals surface area contributed by atoms with Gasteiger partial charge in [-0.3, -0.25) is 9.59 Å². The number of fused-ring (bicyclic) bond motifs is 14. The number of carbonyl (C=O) groups is 3. The van der Waals surface area contributed by atoms with E-state index >= 15 is 0 Å². The molecule has 3 amide bonds. The van der Waals surface area contributed by atoms with Crippen LogP contribution in [0, 0.1) is 5.92 Å². The van der Waals surface area contributed by atoms with Crippen LogP contribution in [0.5, 0.6) is 5.75 Å². The molecule has 0 aromatic heterocycles. The number of hydrogen-bond donors (Lipinski definition) is 3. The number of alkyl carbamates (subject to hydrolysis) is 1. The van der Waals surface area contributed by atoms with Gasteiger partial charge in [-0.05, 0) is 70.1 Å². The molecule has 0 radical (unpaired) electrons. The topological polar surface area (TPSA) is 118 Å². The van der Waals surface area contributed by atoms with E-state index in [0.717, 1.165) is 11.3 Å². The number of hydrogen-bond acceptors (Lipinski definition) is 6. The van der Waals surface area contributed by atoms with Crippen molar-refractivity contribution in [3.63, 3.8) is 0 Å². The lowest BCUT2D eigenvalue weighted by atomic mass is 9.99. The number of epoxide rings is 1. The molecule has 9 heteroatoms. The molecule has 1 saturated heterocycles. The van der Waals surface area contributed by atoms with Crippen LogP contribution in [0.3, 0.4) is 0 Å². The van der Waals surface area contributed by atoms with Crippen LogP contribution in [0.4, 0.5) is 4.79 Å². The molecule has 1 aromatic carbocycles. The van der Waals surface area contributed by atoms with E-state index in [1.807, 2.05) is 38.1 Å². The molecule has 9 nitrogen and oxygen atoms in total. The summed E-state index contributed by atoms with van der Waals surface area (Å²) in [4.78, 5) is 38.9. The lowest BCUT2D eigenvalue weighted by Gasteiger charge is -2.28. The Balaban J connectivity index is 1.79. The predicted octanol–water partition coefficient (Wildman–Crippen LogP) is 2.71. The van der Waals surface area contributed by atoms with Gasteiger partial charge in [0, 0.05) is 0 Å². The SMILES string of the molecule is CC(C)[C@@H]1NC(=O)[C@H](NC(=O)OC(C)(C)C)CCCCOc2ccc(cc2)C[C@@H]([C@H]2CO2)NC1=O. The van der Waals surface area contributed by atoms with Gasteiger partial charge in [0.25, 0.3) is 0 Å². The van der Waals surface area contributed by atoms with Crippen LogP contribution >= 0.6 is 0 Å². The van der Waals surface area contributed by atoms with Gasteiger partial charge in [0.05, 0.1) is 19.3 Å². The Kier molecular flexibility index (Phi) is 8.99. The summed E-state index contributed by atoms with van der Waals surface area (Å²) in [5, 5.41) is 8.61. The van der Waals surface area contributed by atoms with Crippen LogP contribution < -0.4 is 20.7 Å². The highest BCUT2D eigenvalue weighted by molar-refractivity contribution is 5.91. The summed E-state index contributed by atoms with van der Waals surface area (Å²) < 4.78 is 16.7. The summed E-state index contributed by atoms with van der Waals surface area (Å²) in [6, 6.07) is 6.04. The highest BCUT2D eigenvalue weighted by Gasteiger charge is 2.37. The molecule has 3 N–H and O–H groups in total. The van der Waals surface area contributed by atoms with E-state index in [0.29, 0.717) is 38.9 Å². The maximum Gasteiger partial charge on any atom is 0.408 e. The minimum absolute atomic E-state index is 0.0537. The first-order valence-corrected chi connectivity index (χ1v) is 12.5. The van der Waals surface area contributed by atoms with E-state index in [9.17, 15) is 14.4 Å². The maximum atomic E-state index is 13.3. The Morgan fingerprint density at radius 3 is 2.37 bits per heavy atom. The Bertz CT molecular complexity index is 876. The first kappa shape index (κ1) is 26.8. The second-order valence-electron chi connectivity index (χ2n) is 10.6. The molecule has 0 aliphatic carbocycles. The molecule has 4 atom stereocenters. The highest BCUT2D eigenvalue weighted by atomic mass is 16.6. The first-order valence-electron chi connectivity index (χ1n) is 12.5. The summed E-state index contributed by atoms with van der Waals surface area (Å²) >= 11 is 0. The third-order valence-corrected chi connectivity index (χ3v) is 5.92. The van der Waals surface area contributed by atoms with Crippen LogP contribution in [0.25, 0.3) is 0 Å². The second-order valence-corrected chi connectivity index (χ2v) is 10.6. The average molecular weight is 490 g/mol. The molecule has 194 valence electrons. The molecule has 0 spiro atoms. The molecule has 3 aliphatic heterocycles. The van der Waals surface area contributed by atoms with E-state index in [1.54, 1.807) is 20.8 Å². The number of amides is 3. The molecule has 0 unspecified atom stereocenters. The van der Waals surface area contributed by atoms with Gasteiger partial charge in [-0.2, -0.15) is 0 Å². The molecule has 4 rings (SSSR count). The Morgan fingerprint density at radius 2 is 1.77 bits per heavy atom. The van der Waals surface area contributed by atoms with Crippen molar-refractivity contribution in [2.24, 2.45) is 5.92 Å². The van der Waals surface area contributed by atoms with E-state index in [1.165, 1.54) is 0 Å². The molecular weight excluding hydrogens is 450 g/mol. The summed E-state index contributed by atoms with van der Waals surface area (Å²) in [5.41, 5.74) is 0.371. The van der Waals surface area contributed by atoms with Crippen molar-refractivity contribution in [2.75, 3.05) is 13.2 Å². The number of rotatable bonds is 3. The van der Waals surface area contributed by atoms with Crippen molar-refractivity contribution in [3.8, 4) is 5.75 Å². The average Bonchev–Trinajstić information content (AvgIpc) is 3.60. The van der Waals surface area contributed by atoms with E-state index in [4.69, 9.17) is 14.2 Å². The van der Waals surface area contributed by atoms with Gasteiger partial charge in [0.15, 0.2) is 0 Å². The largest absolute Gasteiger partial charge is 0.494 e.